The Morgan fingerprint density at radius 1 is 1.15 bits per heavy atom. The van der Waals surface area contributed by atoms with Gasteiger partial charge in [0, 0.05) is 36.1 Å². The highest BCUT2D eigenvalue weighted by Crippen LogP contribution is 2.38. The van der Waals surface area contributed by atoms with Crippen LogP contribution < -0.4 is 4.74 Å². The number of rotatable bonds is 4. The maximum atomic E-state index is 13.2. The SMILES string of the molecule is CC(C)N1CCC(Oc2cc3occ(-c4ccc(F)cc4)c3cc2Cl)CC1. The minimum absolute atomic E-state index is 0.168. The smallest absolute Gasteiger partial charge is 0.142 e. The molecule has 0 unspecified atom stereocenters. The van der Waals surface area contributed by atoms with Crippen LogP contribution in [-0.2, 0) is 0 Å². The van der Waals surface area contributed by atoms with Gasteiger partial charge in [-0.2, -0.15) is 0 Å². The molecule has 5 heteroatoms. The standard InChI is InChI=1S/C22H23ClFNO2/c1-14(2)25-9-7-17(8-10-25)27-22-12-21-18(11-20(22)23)19(13-26-21)15-3-5-16(24)6-4-15/h3-6,11-14,17H,7-10H2,1-2H3. The Morgan fingerprint density at radius 3 is 2.52 bits per heavy atom. The van der Waals surface area contributed by atoms with E-state index < -0.39 is 0 Å². The first kappa shape index (κ1) is 18.3. The van der Waals surface area contributed by atoms with Crippen LogP contribution in [0.1, 0.15) is 26.7 Å². The van der Waals surface area contributed by atoms with Crippen LogP contribution in [0.15, 0.2) is 47.1 Å². The fraction of sp³-hybridized carbons (Fsp3) is 0.364. The summed E-state index contributed by atoms with van der Waals surface area (Å²) < 4.78 is 25.1. The van der Waals surface area contributed by atoms with Crippen LogP contribution in [-0.4, -0.2) is 30.1 Å². The second kappa shape index (κ2) is 7.53. The van der Waals surface area contributed by atoms with Crippen LogP contribution in [0.2, 0.25) is 5.02 Å². The molecule has 0 N–H and O–H groups in total. The van der Waals surface area contributed by atoms with Crippen molar-refractivity contribution < 1.29 is 13.5 Å². The number of nitrogens with zero attached hydrogens (tertiary/aromatic N) is 1. The maximum Gasteiger partial charge on any atom is 0.142 e. The lowest BCUT2D eigenvalue weighted by Crippen LogP contribution is -2.41. The van der Waals surface area contributed by atoms with Crippen molar-refractivity contribution in [2.75, 3.05) is 13.1 Å². The van der Waals surface area contributed by atoms with Crippen molar-refractivity contribution >= 4 is 22.6 Å². The van der Waals surface area contributed by atoms with Crippen LogP contribution in [0.3, 0.4) is 0 Å². The minimum atomic E-state index is -0.260. The van der Waals surface area contributed by atoms with Gasteiger partial charge in [-0.15, -0.1) is 0 Å². The van der Waals surface area contributed by atoms with E-state index in [-0.39, 0.29) is 11.9 Å². The third-order valence-electron chi connectivity index (χ3n) is 5.28. The number of piperidine rings is 1. The average molecular weight is 388 g/mol. The summed E-state index contributed by atoms with van der Waals surface area (Å²) in [6.45, 7) is 6.53. The Kier molecular flexibility index (Phi) is 5.11. The van der Waals surface area contributed by atoms with Crippen molar-refractivity contribution in [3.05, 3.63) is 53.5 Å². The largest absolute Gasteiger partial charge is 0.489 e. The highest BCUT2D eigenvalue weighted by atomic mass is 35.5. The van der Waals surface area contributed by atoms with Gasteiger partial charge in [-0.3, -0.25) is 0 Å². The van der Waals surface area contributed by atoms with E-state index in [0.717, 1.165) is 42.4 Å². The van der Waals surface area contributed by atoms with Crippen LogP contribution in [0.25, 0.3) is 22.1 Å². The Balaban J connectivity index is 1.55. The van der Waals surface area contributed by atoms with E-state index in [1.54, 1.807) is 18.4 Å². The van der Waals surface area contributed by atoms with E-state index in [4.69, 9.17) is 20.8 Å². The van der Waals surface area contributed by atoms with Gasteiger partial charge >= 0.3 is 0 Å². The fourth-order valence-electron chi connectivity index (χ4n) is 3.66. The van der Waals surface area contributed by atoms with E-state index in [1.165, 1.54) is 12.1 Å². The molecule has 0 aliphatic carbocycles. The van der Waals surface area contributed by atoms with E-state index in [2.05, 4.69) is 18.7 Å². The molecule has 1 aliphatic rings. The van der Waals surface area contributed by atoms with E-state index in [0.29, 0.717) is 22.4 Å². The topological polar surface area (TPSA) is 25.6 Å². The number of ether oxygens (including phenoxy) is 1. The lowest BCUT2D eigenvalue weighted by atomic mass is 10.0. The van der Waals surface area contributed by atoms with Crippen molar-refractivity contribution in [3.8, 4) is 16.9 Å². The molecule has 0 spiro atoms. The summed E-state index contributed by atoms with van der Waals surface area (Å²) in [5.41, 5.74) is 2.50. The molecule has 0 bridgehead atoms. The molecule has 4 rings (SSSR count). The maximum absolute atomic E-state index is 13.2. The summed E-state index contributed by atoms with van der Waals surface area (Å²) in [5.74, 6) is 0.399. The van der Waals surface area contributed by atoms with Crippen molar-refractivity contribution in [1.29, 1.82) is 0 Å². The third kappa shape index (κ3) is 3.83. The number of furan rings is 1. The zero-order valence-corrected chi connectivity index (χ0v) is 16.3. The monoisotopic (exact) mass is 387 g/mol. The number of benzene rings is 2. The lowest BCUT2D eigenvalue weighted by Gasteiger charge is -2.34. The van der Waals surface area contributed by atoms with Crippen LogP contribution in [0, 0.1) is 5.82 Å². The summed E-state index contributed by atoms with van der Waals surface area (Å²) >= 11 is 6.51. The second-order valence-corrected chi connectivity index (χ2v) is 7.79. The van der Waals surface area contributed by atoms with Crippen molar-refractivity contribution in [1.82, 2.24) is 4.90 Å². The average Bonchev–Trinajstić information content (AvgIpc) is 3.06. The predicted octanol–water partition coefficient (Wildman–Crippen LogP) is 6.14. The van der Waals surface area contributed by atoms with Gasteiger partial charge in [-0.05, 0) is 50.5 Å². The Bertz CT molecular complexity index is 927. The highest BCUT2D eigenvalue weighted by Gasteiger charge is 2.23. The molecule has 1 aromatic heterocycles. The van der Waals surface area contributed by atoms with Crippen LogP contribution in [0.4, 0.5) is 4.39 Å². The summed E-state index contributed by atoms with van der Waals surface area (Å²) in [7, 11) is 0. The van der Waals surface area contributed by atoms with Crippen molar-refractivity contribution in [2.45, 2.75) is 38.8 Å². The second-order valence-electron chi connectivity index (χ2n) is 7.38. The lowest BCUT2D eigenvalue weighted by molar-refractivity contribution is 0.0844. The molecular weight excluding hydrogens is 365 g/mol. The first-order chi connectivity index (χ1) is 13.0. The summed E-state index contributed by atoms with van der Waals surface area (Å²) in [5, 5.41) is 1.46. The predicted molar refractivity (Wildman–Crippen MR) is 107 cm³/mol. The van der Waals surface area contributed by atoms with Crippen molar-refractivity contribution in [2.24, 2.45) is 0 Å². The Hall–Kier alpha value is -2.04. The number of likely N-dealkylation sites (tertiary alicyclic amines) is 1. The van der Waals surface area contributed by atoms with E-state index in [1.807, 2.05) is 12.1 Å². The molecule has 1 fully saturated rings. The molecule has 0 radical (unpaired) electrons. The molecule has 0 saturated carbocycles. The molecule has 1 saturated heterocycles. The molecule has 3 aromatic rings. The number of hydrogen-bond acceptors (Lipinski definition) is 3. The van der Waals surface area contributed by atoms with E-state index in [9.17, 15) is 4.39 Å². The molecule has 142 valence electrons. The Labute approximate surface area is 163 Å². The van der Waals surface area contributed by atoms with Gasteiger partial charge in [0.05, 0.1) is 11.3 Å². The summed E-state index contributed by atoms with van der Waals surface area (Å²) in [4.78, 5) is 2.46. The van der Waals surface area contributed by atoms with Crippen LogP contribution >= 0.6 is 11.6 Å². The summed E-state index contributed by atoms with van der Waals surface area (Å²) in [6.07, 6.45) is 3.83. The normalized spacial score (nSPS) is 16.3. The molecule has 2 heterocycles. The van der Waals surface area contributed by atoms with Crippen LogP contribution in [0.5, 0.6) is 5.75 Å². The minimum Gasteiger partial charge on any atom is -0.489 e. The highest BCUT2D eigenvalue weighted by molar-refractivity contribution is 6.33. The van der Waals surface area contributed by atoms with Gasteiger partial charge in [0.25, 0.3) is 0 Å². The summed E-state index contributed by atoms with van der Waals surface area (Å²) in [6, 6.07) is 10.7. The molecule has 0 amide bonds. The Morgan fingerprint density at radius 2 is 1.85 bits per heavy atom. The third-order valence-corrected chi connectivity index (χ3v) is 5.58. The zero-order chi connectivity index (χ0) is 19.0. The van der Waals surface area contributed by atoms with Gasteiger partial charge in [-0.1, -0.05) is 23.7 Å². The van der Waals surface area contributed by atoms with E-state index >= 15 is 0 Å². The number of fused-ring (bicyclic) bond motifs is 1. The molecule has 1 aliphatic heterocycles. The number of hydrogen-bond donors (Lipinski definition) is 0. The molecule has 2 aromatic carbocycles. The van der Waals surface area contributed by atoms with Gasteiger partial charge in [0.1, 0.15) is 23.3 Å². The first-order valence-corrected chi connectivity index (χ1v) is 9.76. The van der Waals surface area contributed by atoms with Gasteiger partial charge in [0.2, 0.25) is 0 Å². The fourth-order valence-corrected chi connectivity index (χ4v) is 3.87. The quantitative estimate of drug-likeness (QED) is 0.537. The molecule has 0 atom stereocenters. The van der Waals surface area contributed by atoms with Gasteiger partial charge < -0.3 is 14.1 Å². The molecular formula is C22H23ClFNO2. The van der Waals surface area contributed by atoms with Gasteiger partial charge in [-0.25, -0.2) is 4.39 Å². The molecule has 27 heavy (non-hydrogen) atoms. The molecule has 3 nitrogen and oxygen atoms in total. The van der Waals surface area contributed by atoms with Gasteiger partial charge in [0.15, 0.2) is 0 Å². The number of halogens is 2. The zero-order valence-electron chi connectivity index (χ0n) is 15.5. The first-order valence-electron chi connectivity index (χ1n) is 9.38. The van der Waals surface area contributed by atoms with Crippen molar-refractivity contribution in [3.63, 3.8) is 0 Å².